The van der Waals surface area contributed by atoms with E-state index in [9.17, 15) is 9.59 Å². The van der Waals surface area contributed by atoms with Gasteiger partial charge in [-0.3, -0.25) is 4.79 Å². The molecule has 8 heteroatoms. The van der Waals surface area contributed by atoms with Gasteiger partial charge in [0.1, 0.15) is 12.4 Å². The van der Waals surface area contributed by atoms with Crippen LogP contribution in [0.25, 0.3) is 11.3 Å². The Kier molecular flexibility index (Phi) is 6.34. The number of nitrogens with one attached hydrogen (secondary N) is 1. The van der Waals surface area contributed by atoms with E-state index in [0.29, 0.717) is 28.6 Å². The number of Topliss-reactive ketones (excluding diaryl/α,β-unsaturated/α-hetero) is 1. The molecule has 0 radical (unpaired) electrons. The molecule has 1 N–H and O–H groups in total. The molecule has 0 aliphatic heterocycles. The van der Waals surface area contributed by atoms with Gasteiger partial charge in [-0.2, -0.15) is 0 Å². The average molecular weight is 352 g/mol. The largest absolute Gasteiger partial charge is 0.415 e. The summed E-state index contributed by atoms with van der Waals surface area (Å²) in [4.78, 5) is 31.2. The van der Waals surface area contributed by atoms with E-state index in [1.54, 1.807) is 31.4 Å². The van der Waals surface area contributed by atoms with E-state index in [1.165, 1.54) is 18.2 Å². The Labute approximate surface area is 144 Å². The molecule has 128 valence electrons. The molecule has 0 spiro atoms. The lowest BCUT2D eigenvalue weighted by atomic mass is 10.1. The van der Waals surface area contributed by atoms with Crippen molar-refractivity contribution in [1.82, 2.24) is 14.9 Å². The summed E-state index contributed by atoms with van der Waals surface area (Å²) in [5.74, 6) is 0.302. The first-order valence-corrected chi connectivity index (χ1v) is 7.63. The molecule has 0 saturated carbocycles. The van der Waals surface area contributed by atoms with E-state index < -0.39 is 6.09 Å². The van der Waals surface area contributed by atoms with Crippen molar-refractivity contribution in [3.63, 3.8) is 0 Å². The lowest BCUT2D eigenvalue weighted by molar-refractivity contribution is -0.121. The van der Waals surface area contributed by atoms with Crippen LogP contribution in [-0.4, -0.2) is 53.6 Å². The fourth-order valence-corrected chi connectivity index (χ4v) is 2.06. The normalized spacial score (nSPS) is 10.5. The van der Waals surface area contributed by atoms with Crippen molar-refractivity contribution < 1.29 is 19.1 Å². The Morgan fingerprint density at radius 1 is 1.38 bits per heavy atom. The van der Waals surface area contributed by atoms with Gasteiger partial charge in [-0.25, -0.2) is 9.78 Å². The number of likely N-dealkylation sites (N-methyl/N-ethyl adjacent to an activating group) is 1. The number of hydrogen-bond donors (Lipinski definition) is 1. The molecule has 0 saturated heterocycles. The predicted octanol–water partition coefficient (Wildman–Crippen LogP) is 2.77. The molecule has 0 aliphatic rings. The highest BCUT2D eigenvalue weighted by molar-refractivity contribution is 6.31. The summed E-state index contributed by atoms with van der Waals surface area (Å²) in [5.41, 5.74) is 1.32. The van der Waals surface area contributed by atoms with Crippen LogP contribution in [0.2, 0.25) is 5.02 Å². The Balaban J connectivity index is 2.00. The van der Waals surface area contributed by atoms with Crippen LogP contribution in [0.5, 0.6) is 5.75 Å². The second-order valence-corrected chi connectivity index (χ2v) is 5.59. The van der Waals surface area contributed by atoms with Crippen LogP contribution in [0.3, 0.4) is 0 Å². The van der Waals surface area contributed by atoms with E-state index in [-0.39, 0.29) is 19.0 Å². The first-order valence-electron chi connectivity index (χ1n) is 7.26. The van der Waals surface area contributed by atoms with Crippen molar-refractivity contribution in [3.8, 4) is 17.0 Å². The summed E-state index contributed by atoms with van der Waals surface area (Å²) in [7, 11) is 1.59. The van der Waals surface area contributed by atoms with Crippen molar-refractivity contribution in [2.75, 3.05) is 26.8 Å². The van der Waals surface area contributed by atoms with E-state index in [0.717, 1.165) is 0 Å². The summed E-state index contributed by atoms with van der Waals surface area (Å²) in [6.07, 6.45) is 2.60. The number of H-pyrrole nitrogens is 1. The summed E-state index contributed by atoms with van der Waals surface area (Å²) in [5, 5.41) is 0.519. The number of imidazole rings is 1. The monoisotopic (exact) mass is 351 g/mol. The minimum absolute atomic E-state index is 0.0318. The molecule has 2 rings (SSSR count). The van der Waals surface area contributed by atoms with Crippen LogP contribution in [-0.2, 0) is 9.53 Å². The third kappa shape index (κ3) is 5.07. The predicted molar refractivity (Wildman–Crippen MR) is 89.2 cm³/mol. The number of carbonyl (C=O) groups is 2. The van der Waals surface area contributed by atoms with Crippen LogP contribution in [0, 0.1) is 0 Å². The molecular formula is C16H18ClN3O4. The third-order valence-corrected chi connectivity index (χ3v) is 3.35. The average Bonchev–Trinajstić information content (AvgIpc) is 3.07. The highest BCUT2D eigenvalue weighted by atomic mass is 35.5. The Morgan fingerprint density at radius 2 is 2.17 bits per heavy atom. The minimum atomic E-state index is -0.537. The first kappa shape index (κ1) is 18.0. The number of aromatic nitrogens is 2. The van der Waals surface area contributed by atoms with Gasteiger partial charge in [0.05, 0.1) is 24.8 Å². The van der Waals surface area contributed by atoms with E-state index in [4.69, 9.17) is 21.1 Å². The summed E-state index contributed by atoms with van der Waals surface area (Å²) >= 11 is 6.01. The maximum atomic E-state index is 12.2. The number of nitrogens with zero attached hydrogens (tertiary/aromatic N) is 2. The molecule has 24 heavy (non-hydrogen) atoms. The zero-order valence-electron chi connectivity index (χ0n) is 13.4. The van der Waals surface area contributed by atoms with Gasteiger partial charge in [0.2, 0.25) is 0 Å². The Hall–Kier alpha value is -2.38. The van der Waals surface area contributed by atoms with Crippen molar-refractivity contribution in [1.29, 1.82) is 0 Å². The van der Waals surface area contributed by atoms with Gasteiger partial charge in [-0.05, 0) is 25.1 Å². The number of ether oxygens (including phenoxy) is 2. The third-order valence-electron chi connectivity index (χ3n) is 3.12. The number of rotatable bonds is 7. The van der Waals surface area contributed by atoms with Crippen molar-refractivity contribution in [2.45, 2.75) is 6.92 Å². The fraction of sp³-hybridized carbons (Fsp3) is 0.312. The number of benzene rings is 1. The standard InChI is InChI=1S/C16H18ClN3O4/c1-11(21)9-23-6-5-20(2)16(22)24-15-4-3-12(17)7-13(15)14-8-18-10-19-14/h3-4,7-8,10H,5-6,9H2,1-2H3,(H,18,19). The molecule has 7 nitrogen and oxygen atoms in total. The molecule has 0 aliphatic carbocycles. The quantitative estimate of drug-likeness (QED) is 0.775. The number of aromatic amines is 1. The van der Waals surface area contributed by atoms with Gasteiger partial charge in [-0.15, -0.1) is 0 Å². The van der Waals surface area contributed by atoms with Crippen LogP contribution in [0.4, 0.5) is 4.79 Å². The Morgan fingerprint density at radius 3 is 2.83 bits per heavy atom. The van der Waals surface area contributed by atoms with Gasteiger partial charge < -0.3 is 19.4 Å². The molecule has 0 bridgehead atoms. The lowest BCUT2D eigenvalue weighted by Crippen LogP contribution is -2.33. The van der Waals surface area contributed by atoms with Crippen LogP contribution in [0.1, 0.15) is 6.92 Å². The summed E-state index contributed by atoms with van der Waals surface area (Å²) in [6.45, 7) is 2.03. The molecule has 0 atom stereocenters. The van der Waals surface area contributed by atoms with Crippen molar-refractivity contribution >= 4 is 23.5 Å². The first-order chi connectivity index (χ1) is 11.5. The van der Waals surface area contributed by atoms with Crippen LogP contribution >= 0.6 is 11.6 Å². The number of halogens is 1. The summed E-state index contributed by atoms with van der Waals surface area (Å²) < 4.78 is 10.6. The second-order valence-electron chi connectivity index (χ2n) is 5.15. The van der Waals surface area contributed by atoms with Gasteiger partial charge in [-0.1, -0.05) is 11.6 Å². The molecular weight excluding hydrogens is 334 g/mol. The second kappa shape index (κ2) is 8.47. The van der Waals surface area contributed by atoms with Gasteiger partial charge >= 0.3 is 6.09 Å². The SMILES string of the molecule is CC(=O)COCCN(C)C(=O)Oc1ccc(Cl)cc1-c1cnc[nH]1. The molecule has 1 heterocycles. The number of carbonyl (C=O) groups excluding carboxylic acids is 2. The highest BCUT2D eigenvalue weighted by Crippen LogP contribution is 2.31. The smallest absolute Gasteiger partial charge is 0.409 e. The van der Waals surface area contributed by atoms with Crippen molar-refractivity contribution in [3.05, 3.63) is 35.7 Å². The van der Waals surface area contributed by atoms with Crippen LogP contribution in [0.15, 0.2) is 30.7 Å². The number of amides is 1. The van der Waals surface area contributed by atoms with Crippen LogP contribution < -0.4 is 4.74 Å². The summed E-state index contributed by atoms with van der Waals surface area (Å²) in [6, 6.07) is 4.95. The minimum Gasteiger partial charge on any atom is -0.409 e. The maximum Gasteiger partial charge on any atom is 0.415 e. The van der Waals surface area contributed by atoms with E-state index in [1.807, 2.05) is 0 Å². The Bertz CT molecular complexity index is 703. The number of ketones is 1. The topological polar surface area (TPSA) is 84.5 Å². The molecule has 1 amide bonds. The van der Waals surface area contributed by atoms with E-state index in [2.05, 4.69) is 9.97 Å². The fourth-order valence-electron chi connectivity index (χ4n) is 1.89. The molecule has 0 unspecified atom stereocenters. The molecule has 2 aromatic rings. The maximum absolute atomic E-state index is 12.2. The molecule has 1 aromatic carbocycles. The number of hydrogen-bond acceptors (Lipinski definition) is 5. The van der Waals surface area contributed by atoms with Gasteiger partial charge in [0.15, 0.2) is 5.78 Å². The lowest BCUT2D eigenvalue weighted by Gasteiger charge is -2.18. The van der Waals surface area contributed by atoms with Gasteiger partial charge in [0, 0.05) is 24.2 Å². The molecule has 1 aromatic heterocycles. The zero-order chi connectivity index (χ0) is 17.5. The van der Waals surface area contributed by atoms with Gasteiger partial charge in [0.25, 0.3) is 0 Å². The zero-order valence-corrected chi connectivity index (χ0v) is 14.2. The van der Waals surface area contributed by atoms with Crippen molar-refractivity contribution in [2.24, 2.45) is 0 Å². The molecule has 0 fully saturated rings. The highest BCUT2D eigenvalue weighted by Gasteiger charge is 2.16. The van der Waals surface area contributed by atoms with E-state index >= 15 is 0 Å².